The van der Waals surface area contributed by atoms with Gasteiger partial charge in [0.1, 0.15) is 23.5 Å². The minimum atomic E-state index is -4.45. The number of hydrogen-bond donors (Lipinski definition) is 4. The highest BCUT2D eigenvalue weighted by atomic mass is 35.5. The first-order valence-electron chi connectivity index (χ1n) is 12.9. The Bertz CT molecular complexity index is 1560. The van der Waals surface area contributed by atoms with Crippen molar-refractivity contribution in [1.82, 2.24) is 24.6 Å². The van der Waals surface area contributed by atoms with Gasteiger partial charge in [-0.1, -0.05) is 44.5 Å². The summed E-state index contributed by atoms with van der Waals surface area (Å²) in [6, 6.07) is 4.95. The molecule has 230 valence electrons. The number of hydrogen-bond acceptors (Lipinski definition) is 11. The maximum Gasteiger partial charge on any atom is 0.459 e. The molecule has 1 aliphatic heterocycles. The van der Waals surface area contributed by atoms with Crippen LogP contribution >= 0.6 is 19.3 Å². The van der Waals surface area contributed by atoms with E-state index in [-0.39, 0.29) is 39.9 Å². The number of rotatable bonds is 10. The van der Waals surface area contributed by atoms with Crippen molar-refractivity contribution in [2.75, 3.05) is 18.9 Å². The second-order valence-corrected chi connectivity index (χ2v) is 13.4. The second-order valence-electron chi connectivity index (χ2n) is 11.3. The van der Waals surface area contributed by atoms with Gasteiger partial charge >= 0.3 is 13.7 Å². The highest BCUT2D eigenvalue weighted by Gasteiger charge is 2.55. The Balaban J connectivity index is 1.56. The zero-order valence-corrected chi connectivity index (χ0v) is 25.2. The van der Waals surface area contributed by atoms with Crippen molar-refractivity contribution in [1.29, 1.82) is 0 Å². The molecule has 0 aliphatic carbocycles. The van der Waals surface area contributed by atoms with Crippen molar-refractivity contribution in [3.05, 3.63) is 46.0 Å². The number of esters is 1. The van der Waals surface area contributed by atoms with Gasteiger partial charge in [0.25, 0.3) is 5.56 Å². The molecule has 0 amide bonds. The first-order valence-corrected chi connectivity index (χ1v) is 14.8. The number of carbonyl (C=O) groups is 1. The number of nitrogen functional groups attached to an aromatic ring is 1. The molecule has 6 atom stereocenters. The Kier molecular flexibility index (Phi) is 9.03. The van der Waals surface area contributed by atoms with Gasteiger partial charge in [0.2, 0.25) is 5.95 Å². The van der Waals surface area contributed by atoms with Crippen LogP contribution in [0.2, 0.25) is 5.02 Å². The number of nitrogens with zero attached hydrogens (tertiary/aromatic N) is 3. The average molecular weight is 631 g/mol. The zero-order chi connectivity index (χ0) is 31.0. The zero-order valence-electron chi connectivity index (χ0n) is 23.5. The fourth-order valence-corrected chi connectivity index (χ4v) is 5.83. The van der Waals surface area contributed by atoms with Crippen LogP contribution in [0.4, 0.5) is 10.3 Å². The summed E-state index contributed by atoms with van der Waals surface area (Å²) in [5.74, 6) is -0.978. The fraction of sp³-hybridized carbons (Fsp3) is 0.520. The number of ether oxygens (including phenoxy) is 2. The summed E-state index contributed by atoms with van der Waals surface area (Å²) in [6.45, 7) is 7.59. The third-order valence-corrected chi connectivity index (χ3v) is 8.15. The molecule has 4 rings (SSSR count). The van der Waals surface area contributed by atoms with Crippen molar-refractivity contribution in [3.8, 4) is 5.75 Å². The number of halogens is 2. The Labute approximate surface area is 245 Å². The largest absolute Gasteiger partial charge is 0.464 e. The van der Waals surface area contributed by atoms with Crippen molar-refractivity contribution < 1.29 is 37.4 Å². The SMILES string of the molecule is CC(NP(=O)(OCC1OC(n2cnc3c(=O)[nH]c(N)nc32)C(C)(O)C1F)Oc1ccccc1Cl)C(=O)OCC(C)(C)C. The van der Waals surface area contributed by atoms with E-state index in [9.17, 15) is 19.3 Å². The number of alkyl halides is 1. The molecule has 1 aromatic carbocycles. The Morgan fingerprint density at radius 2 is 2.10 bits per heavy atom. The van der Waals surface area contributed by atoms with Crippen LogP contribution in [0.15, 0.2) is 35.4 Å². The summed E-state index contributed by atoms with van der Waals surface area (Å²) >= 11 is 6.18. The molecule has 3 aromatic rings. The van der Waals surface area contributed by atoms with Gasteiger partial charge in [-0.15, -0.1) is 0 Å². The quantitative estimate of drug-likeness (QED) is 0.189. The van der Waals surface area contributed by atoms with Gasteiger partial charge in [0.05, 0.1) is 24.6 Å². The summed E-state index contributed by atoms with van der Waals surface area (Å²) in [7, 11) is -4.45. The number of nitrogens with one attached hydrogen (secondary N) is 2. The van der Waals surface area contributed by atoms with E-state index in [4.69, 9.17) is 35.9 Å². The van der Waals surface area contributed by atoms with Gasteiger partial charge < -0.3 is 24.8 Å². The average Bonchev–Trinajstić information content (AvgIpc) is 3.40. The van der Waals surface area contributed by atoms with E-state index in [0.717, 1.165) is 6.33 Å². The summed E-state index contributed by atoms with van der Waals surface area (Å²) < 4.78 is 52.9. The molecule has 0 bridgehead atoms. The number of carbonyl (C=O) groups excluding carboxylic acids is 1. The van der Waals surface area contributed by atoms with Crippen molar-refractivity contribution >= 4 is 42.4 Å². The van der Waals surface area contributed by atoms with Crippen LogP contribution in [0.5, 0.6) is 5.75 Å². The summed E-state index contributed by atoms with van der Waals surface area (Å²) in [4.78, 5) is 35.1. The van der Waals surface area contributed by atoms with Gasteiger partial charge in [-0.3, -0.25) is 23.7 Å². The topological polar surface area (TPSA) is 193 Å². The van der Waals surface area contributed by atoms with Gasteiger partial charge in [-0.2, -0.15) is 10.1 Å². The Morgan fingerprint density at radius 1 is 1.40 bits per heavy atom. The molecule has 42 heavy (non-hydrogen) atoms. The van der Waals surface area contributed by atoms with E-state index in [1.165, 1.54) is 30.5 Å². The highest BCUT2D eigenvalue weighted by Crippen LogP contribution is 2.49. The van der Waals surface area contributed by atoms with Crippen LogP contribution in [0, 0.1) is 5.41 Å². The molecule has 1 aliphatic rings. The molecule has 2 aromatic heterocycles. The Morgan fingerprint density at radius 3 is 2.76 bits per heavy atom. The summed E-state index contributed by atoms with van der Waals surface area (Å²) in [6.07, 6.45) is -3.85. The minimum Gasteiger partial charge on any atom is -0.464 e. The number of para-hydroxylation sites is 1. The predicted molar refractivity (Wildman–Crippen MR) is 151 cm³/mol. The molecule has 17 heteroatoms. The second kappa shape index (κ2) is 11.9. The molecule has 14 nitrogen and oxygen atoms in total. The molecular formula is C25H33ClFN6O8P. The van der Waals surface area contributed by atoms with Gasteiger partial charge in [0.15, 0.2) is 23.6 Å². The first-order chi connectivity index (χ1) is 19.5. The van der Waals surface area contributed by atoms with E-state index in [1.54, 1.807) is 12.1 Å². The van der Waals surface area contributed by atoms with E-state index >= 15 is 4.39 Å². The minimum absolute atomic E-state index is 0.0296. The predicted octanol–water partition coefficient (Wildman–Crippen LogP) is 3.11. The van der Waals surface area contributed by atoms with Crippen LogP contribution in [0.25, 0.3) is 11.2 Å². The number of aromatic amines is 1. The number of benzene rings is 1. The normalized spacial score (nSPS) is 24.8. The highest BCUT2D eigenvalue weighted by molar-refractivity contribution is 7.52. The third-order valence-electron chi connectivity index (χ3n) is 6.21. The lowest BCUT2D eigenvalue weighted by molar-refractivity contribution is -0.148. The van der Waals surface area contributed by atoms with Gasteiger partial charge in [-0.25, -0.2) is 13.9 Å². The number of H-pyrrole nitrogens is 1. The van der Waals surface area contributed by atoms with Crippen LogP contribution in [-0.4, -0.2) is 67.7 Å². The number of aromatic nitrogens is 4. The number of imidazole rings is 1. The molecule has 0 spiro atoms. The maximum atomic E-state index is 15.6. The van der Waals surface area contributed by atoms with E-state index in [2.05, 4.69) is 20.0 Å². The lowest BCUT2D eigenvalue weighted by atomic mass is 9.98. The van der Waals surface area contributed by atoms with Crippen LogP contribution in [-0.2, 0) is 23.4 Å². The molecular weight excluding hydrogens is 598 g/mol. The number of aliphatic hydroxyl groups is 1. The van der Waals surface area contributed by atoms with E-state index < -0.39 is 56.0 Å². The van der Waals surface area contributed by atoms with Crippen LogP contribution < -0.4 is 20.9 Å². The Hall–Kier alpha value is -3.07. The van der Waals surface area contributed by atoms with Crippen LogP contribution in [0.1, 0.15) is 40.8 Å². The number of fused-ring (bicyclic) bond motifs is 1. The van der Waals surface area contributed by atoms with Crippen molar-refractivity contribution in [2.45, 2.75) is 64.8 Å². The van der Waals surface area contributed by atoms with Crippen molar-refractivity contribution in [2.24, 2.45) is 5.41 Å². The van der Waals surface area contributed by atoms with Gasteiger partial charge in [-0.05, 0) is 31.4 Å². The fourth-order valence-electron chi connectivity index (χ4n) is 4.08. The van der Waals surface area contributed by atoms with Gasteiger partial charge in [0, 0.05) is 0 Å². The molecule has 0 saturated carbocycles. The van der Waals surface area contributed by atoms with E-state index in [1.807, 2.05) is 20.8 Å². The molecule has 3 heterocycles. The third kappa shape index (κ3) is 6.93. The molecule has 5 N–H and O–H groups in total. The maximum absolute atomic E-state index is 15.6. The number of nitrogens with two attached hydrogens (primary N) is 1. The molecule has 0 radical (unpaired) electrons. The van der Waals surface area contributed by atoms with Crippen molar-refractivity contribution in [3.63, 3.8) is 0 Å². The number of anilines is 1. The summed E-state index contributed by atoms with van der Waals surface area (Å²) in [5, 5.41) is 13.7. The standard InChI is InChI=1S/C25H33ClFN6O8P/c1-13(21(35)38-11-24(2,3)4)32-42(37,41-15-9-7-6-8-14(15)26)39-10-16-18(27)25(5,36)22(40-16)33-12-29-17-19(33)30-23(28)31-20(17)34/h6-9,12-13,16,18,22,36H,10-11H2,1-5H3,(H,32,37)(H3,28,30,31,34). The lowest BCUT2D eigenvalue weighted by Gasteiger charge is -2.26. The first kappa shape index (κ1) is 31.9. The molecule has 6 unspecified atom stereocenters. The summed E-state index contributed by atoms with van der Waals surface area (Å²) in [5.41, 5.74) is 2.37. The molecule has 1 fully saturated rings. The lowest BCUT2D eigenvalue weighted by Crippen LogP contribution is -2.42. The van der Waals surface area contributed by atoms with E-state index in [0.29, 0.717) is 0 Å². The monoisotopic (exact) mass is 630 g/mol. The molecule has 1 saturated heterocycles. The smallest absolute Gasteiger partial charge is 0.459 e. The van der Waals surface area contributed by atoms with Crippen LogP contribution in [0.3, 0.4) is 0 Å².